The van der Waals surface area contributed by atoms with Gasteiger partial charge in [-0.2, -0.15) is 0 Å². The number of benzene rings is 2. The summed E-state index contributed by atoms with van der Waals surface area (Å²) in [6.07, 6.45) is 1.30. The van der Waals surface area contributed by atoms with Crippen LogP contribution in [-0.2, 0) is 11.2 Å². The van der Waals surface area contributed by atoms with Gasteiger partial charge in [-0.3, -0.25) is 15.0 Å². The van der Waals surface area contributed by atoms with E-state index in [1.807, 2.05) is 4.90 Å². The number of methoxy groups -OCH3 is 1. The van der Waals surface area contributed by atoms with Crippen molar-refractivity contribution < 1.29 is 37.4 Å². The number of amides is 1. The summed E-state index contributed by atoms with van der Waals surface area (Å²) in [5.41, 5.74) is 1.14. The number of hydroxylamine groups is 1. The van der Waals surface area contributed by atoms with Crippen LogP contribution in [0.1, 0.15) is 49.3 Å². The molecule has 2 heterocycles. The Morgan fingerprint density at radius 2 is 1.82 bits per heavy atom. The first-order valence-corrected chi connectivity index (χ1v) is 12.8. The number of aromatic nitrogens is 1. The van der Waals surface area contributed by atoms with Crippen molar-refractivity contribution >= 4 is 16.8 Å². The molecule has 39 heavy (non-hydrogen) atoms. The fourth-order valence-corrected chi connectivity index (χ4v) is 5.40. The number of pyridine rings is 1. The first-order chi connectivity index (χ1) is 18.7. The van der Waals surface area contributed by atoms with Crippen molar-refractivity contribution in [3.05, 3.63) is 70.9 Å². The number of hydrogen-bond donors (Lipinski definition) is 3. The van der Waals surface area contributed by atoms with E-state index >= 15 is 0 Å². The number of fused-ring (bicyclic) bond motifs is 1. The standard InChI is InChI=1S/C28H31F4N3O4/c1-39-18-4-5-24-20(15-18)26(23(32)16-33-24)25(36)6-7-28(27(37)34-38)8-11-35(12-9-28)10-2-3-19-21(30)13-17(29)14-22(19)31/h4-5,13-16,25,36,38H,2-3,6-12H2,1H3,(H,34,37)/t25-/m1/s1. The van der Waals surface area contributed by atoms with Gasteiger partial charge in [0.15, 0.2) is 0 Å². The maximum Gasteiger partial charge on any atom is 0.249 e. The van der Waals surface area contributed by atoms with Crippen LogP contribution in [0.4, 0.5) is 17.6 Å². The number of aliphatic hydroxyl groups excluding tert-OH is 1. The van der Waals surface area contributed by atoms with E-state index in [0.717, 1.165) is 6.20 Å². The first kappa shape index (κ1) is 28.7. The van der Waals surface area contributed by atoms with E-state index in [2.05, 4.69) is 4.98 Å². The molecule has 1 aromatic heterocycles. The molecule has 1 aliphatic heterocycles. The van der Waals surface area contributed by atoms with Crippen molar-refractivity contribution in [1.82, 2.24) is 15.4 Å². The van der Waals surface area contributed by atoms with Crippen LogP contribution in [0.2, 0.25) is 0 Å². The highest BCUT2D eigenvalue weighted by Crippen LogP contribution is 2.40. The number of aliphatic hydroxyl groups is 1. The summed E-state index contributed by atoms with van der Waals surface area (Å²) in [6.45, 7) is 1.45. The number of nitrogens with one attached hydrogen (secondary N) is 1. The molecule has 0 bridgehead atoms. The van der Waals surface area contributed by atoms with Gasteiger partial charge < -0.3 is 14.7 Å². The smallest absolute Gasteiger partial charge is 0.249 e. The number of carbonyl (C=O) groups excluding carboxylic acids is 1. The molecule has 1 amide bonds. The number of nitrogens with zero attached hydrogens (tertiary/aromatic N) is 2. The number of carbonyl (C=O) groups is 1. The molecule has 1 atom stereocenters. The molecule has 0 saturated carbocycles. The van der Waals surface area contributed by atoms with Gasteiger partial charge in [-0.25, -0.2) is 23.0 Å². The quantitative estimate of drug-likeness (QED) is 0.191. The van der Waals surface area contributed by atoms with Crippen molar-refractivity contribution in [1.29, 1.82) is 0 Å². The third-order valence-electron chi connectivity index (χ3n) is 7.70. The van der Waals surface area contributed by atoms with Crippen LogP contribution in [-0.4, -0.2) is 52.8 Å². The van der Waals surface area contributed by atoms with E-state index in [1.54, 1.807) is 23.7 Å². The van der Waals surface area contributed by atoms with Crippen molar-refractivity contribution in [3.63, 3.8) is 0 Å². The highest BCUT2D eigenvalue weighted by molar-refractivity contribution is 5.84. The zero-order chi connectivity index (χ0) is 28.2. The lowest BCUT2D eigenvalue weighted by Gasteiger charge is -2.40. The molecule has 0 unspecified atom stereocenters. The van der Waals surface area contributed by atoms with Gasteiger partial charge in [0, 0.05) is 28.6 Å². The van der Waals surface area contributed by atoms with E-state index in [-0.39, 0.29) is 30.4 Å². The maximum atomic E-state index is 14.8. The minimum atomic E-state index is -1.23. The van der Waals surface area contributed by atoms with Crippen LogP contribution < -0.4 is 10.2 Å². The molecular weight excluding hydrogens is 518 g/mol. The van der Waals surface area contributed by atoms with Crippen LogP contribution in [0.15, 0.2) is 36.5 Å². The Morgan fingerprint density at radius 1 is 1.13 bits per heavy atom. The summed E-state index contributed by atoms with van der Waals surface area (Å²) in [4.78, 5) is 18.8. The van der Waals surface area contributed by atoms with Gasteiger partial charge in [-0.15, -0.1) is 0 Å². The van der Waals surface area contributed by atoms with Crippen LogP contribution in [0.3, 0.4) is 0 Å². The van der Waals surface area contributed by atoms with Gasteiger partial charge in [-0.05, 0) is 76.4 Å². The van der Waals surface area contributed by atoms with E-state index < -0.39 is 40.7 Å². The van der Waals surface area contributed by atoms with E-state index in [9.17, 15) is 32.7 Å². The third kappa shape index (κ3) is 6.32. The lowest BCUT2D eigenvalue weighted by Crippen LogP contribution is -2.48. The SMILES string of the molecule is COc1ccc2ncc(F)c([C@H](O)CCC3(C(=O)NO)CCN(CCCc4c(F)cc(F)cc4F)CC3)c2c1. The monoisotopic (exact) mass is 549 g/mol. The number of rotatable bonds is 10. The van der Waals surface area contributed by atoms with Gasteiger partial charge in [0.25, 0.3) is 0 Å². The first-order valence-electron chi connectivity index (χ1n) is 12.8. The summed E-state index contributed by atoms with van der Waals surface area (Å²) in [5.74, 6) is -3.57. The number of hydrogen-bond acceptors (Lipinski definition) is 6. The van der Waals surface area contributed by atoms with Gasteiger partial charge in [0.1, 0.15) is 29.0 Å². The van der Waals surface area contributed by atoms with E-state index in [1.165, 1.54) is 7.11 Å². The van der Waals surface area contributed by atoms with Crippen LogP contribution >= 0.6 is 0 Å². The van der Waals surface area contributed by atoms with Gasteiger partial charge in [-0.1, -0.05) is 0 Å². The molecule has 4 rings (SSSR count). The van der Waals surface area contributed by atoms with Gasteiger partial charge in [0.05, 0.1) is 30.3 Å². The van der Waals surface area contributed by atoms with Crippen LogP contribution in [0, 0.1) is 28.7 Å². The predicted octanol–water partition coefficient (Wildman–Crippen LogP) is 4.83. The molecule has 3 N–H and O–H groups in total. The molecule has 11 heteroatoms. The summed E-state index contributed by atoms with van der Waals surface area (Å²) in [6, 6.07) is 6.27. The average molecular weight is 550 g/mol. The second kappa shape index (κ2) is 12.3. The summed E-state index contributed by atoms with van der Waals surface area (Å²) in [5, 5.41) is 20.8. The molecular formula is C28H31F4N3O4. The lowest BCUT2D eigenvalue weighted by atomic mass is 9.73. The Morgan fingerprint density at radius 3 is 2.46 bits per heavy atom. The number of ether oxygens (including phenoxy) is 1. The number of piperidine rings is 1. The minimum Gasteiger partial charge on any atom is -0.497 e. The zero-order valence-electron chi connectivity index (χ0n) is 21.5. The predicted molar refractivity (Wildman–Crippen MR) is 135 cm³/mol. The second-order valence-corrected chi connectivity index (χ2v) is 9.97. The highest BCUT2D eigenvalue weighted by atomic mass is 19.1. The Kier molecular flexibility index (Phi) is 9.04. The molecule has 0 spiro atoms. The third-order valence-corrected chi connectivity index (χ3v) is 7.70. The molecule has 1 aliphatic rings. The number of likely N-dealkylation sites (tertiary alicyclic amines) is 1. The van der Waals surface area contributed by atoms with E-state index in [0.29, 0.717) is 67.7 Å². The van der Waals surface area contributed by atoms with Crippen LogP contribution in [0.5, 0.6) is 5.75 Å². The van der Waals surface area contributed by atoms with Crippen molar-refractivity contribution in [2.45, 2.75) is 44.6 Å². The normalized spacial score (nSPS) is 16.3. The summed E-state index contributed by atoms with van der Waals surface area (Å²) in [7, 11) is 1.48. The Labute approximate surface area is 223 Å². The molecule has 0 radical (unpaired) electrons. The zero-order valence-corrected chi connectivity index (χ0v) is 21.5. The maximum absolute atomic E-state index is 14.8. The average Bonchev–Trinajstić information content (AvgIpc) is 2.93. The minimum absolute atomic E-state index is 0.0593. The highest BCUT2D eigenvalue weighted by Gasteiger charge is 2.41. The number of halogens is 4. The van der Waals surface area contributed by atoms with Crippen molar-refractivity contribution in [2.75, 3.05) is 26.7 Å². The molecule has 210 valence electrons. The second-order valence-electron chi connectivity index (χ2n) is 9.97. The molecule has 0 aliphatic carbocycles. The molecule has 7 nitrogen and oxygen atoms in total. The van der Waals surface area contributed by atoms with Gasteiger partial charge >= 0.3 is 0 Å². The summed E-state index contributed by atoms with van der Waals surface area (Å²) < 4.78 is 61.0. The largest absolute Gasteiger partial charge is 0.497 e. The van der Waals surface area contributed by atoms with Crippen LogP contribution in [0.25, 0.3) is 10.9 Å². The molecule has 1 fully saturated rings. The van der Waals surface area contributed by atoms with E-state index in [4.69, 9.17) is 4.74 Å². The Balaban J connectivity index is 1.40. The molecule has 3 aromatic rings. The Bertz CT molecular complexity index is 1310. The topological polar surface area (TPSA) is 94.9 Å². The fourth-order valence-electron chi connectivity index (χ4n) is 5.40. The van der Waals surface area contributed by atoms with Crippen molar-refractivity contribution in [2.24, 2.45) is 5.41 Å². The molecule has 1 saturated heterocycles. The van der Waals surface area contributed by atoms with Crippen molar-refractivity contribution in [3.8, 4) is 5.75 Å². The Hall–Kier alpha value is -3.28. The summed E-state index contributed by atoms with van der Waals surface area (Å²) >= 11 is 0. The fraction of sp³-hybridized carbons (Fsp3) is 0.429. The lowest BCUT2D eigenvalue weighted by molar-refractivity contribution is -0.143. The molecule has 2 aromatic carbocycles. The van der Waals surface area contributed by atoms with Gasteiger partial charge in [0.2, 0.25) is 5.91 Å².